The SMILES string of the molecule is [Br-].[Br-].c1c[nH][c]([Ti+2][c]2ccc[nH]2)c1. The Labute approximate surface area is 107 Å². The summed E-state index contributed by atoms with van der Waals surface area (Å²) in [6.07, 6.45) is 3.95. The summed E-state index contributed by atoms with van der Waals surface area (Å²) in [5, 5.41) is 0. The fourth-order valence-corrected chi connectivity index (χ4v) is 2.46. The van der Waals surface area contributed by atoms with E-state index in [1.807, 2.05) is 24.5 Å². The molecule has 0 unspecified atom stereocenters. The number of nitrogens with one attached hydrogen (secondary N) is 2. The van der Waals surface area contributed by atoms with Crippen molar-refractivity contribution >= 4 is 8.00 Å². The van der Waals surface area contributed by atoms with Crippen molar-refractivity contribution in [2.45, 2.75) is 0 Å². The second kappa shape index (κ2) is 6.65. The Morgan fingerprint density at radius 3 is 1.62 bits per heavy atom. The Morgan fingerprint density at radius 1 is 0.846 bits per heavy atom. The zero-order valence-electron chi connectivity index (χ0n) is 6.72. The molecule has 0 atom stereocenters. The van der Waals surface area contributed by atoms with Crippen LogP contribution < -0.4 is 42.0 Å². The third-order valence-electron chi connectivity index (χ3n) is 1.47. The van der Waals surface area contributed by atoms with E-state index in [1.54, 1.807) is 0 Å². The Kier molecular flexibility index (Phi) is 6.77. The fourth-order valence-electron chi connectivity index (χ4n) is 0.961. The number of halogens is 2. The Morgan fingerprint density at radius 2 is 1.31 bits per heavy atom. The average molecular weight is 340 g/mol. The summed E-state index contributed by atoms with van der Waals surface area (Å²) < 4.78 is 2.74. The molecule has 0 saturated heterocycles. The standard InChI is InChI=1S/2C4H4N.2BrH.Ti/c2*1-2-4-5-3-1;;;/h2*1-3,5H;2*1H;/q;;;;+2/p-2. The van der Waals surface area contributed by atoms with Gasteiger partial charge in [0.25, 0.3) is 0 Å². The average Bonchev–Trinajstić information content (AvgIpc) is 2.60. The number of H-pyrrole nitrogens is 2. The minimum absolute atomic E-state index is 0. The molecule has 0 bridgehead atoms. The Balaban J connectivity index is 0.000000720. The van der Waals surface area contributed by atoms with Crippen molar-refractivity contribution in [2.75, 3.05) is 0 Å². The van der Waals surface area contributed by atoms with E-state index >= 15 is 0 Å². The minimum atomic E-state index is -0.139. The molecule has 0 saturated carbocycles. The first-order valence-electron chi connectivity index (χ1n) is 3.49. The maximum atomic E-state index is 3.21. The van der Waals surface area contributed by atoms with E-state index in [4.69, 9.17) is 0 Å². The molecular formula is C8H8Br2N2Ti. The first-order valence-corrected chi connectivity index (χ1v) is 5.05. The number of hydrogen-bond acceptors (Lipinski definition) is 0. The van der Waals surface area contributed by atoms with Crippen LogP contribution in [-0.4, -0.2) is 9.97 Å². The molecule has 2 nitrogen and oxygen atoms in total. The molecule has 0 aliphatic carbocycles. The van der Waals surface area contributed by atoms with Crippen molar-refractivity contribution in [2.24, 2.45) is 0 Å². The van der Waals surface area contributed by atoms with Crippen LogP contribution in [0, 0.1) is 0 Å². The van der Waals surface area contributed by atoms with Crippen LogP contribution in [0.2, 0.25) is 0 Å². The number of rotatable bonds is 2. The number of hydrogen-bond donors (Lipinski definition) is 2. The van der Waals surface area contributed by atoms with E-state index in [1.165, 1.54) is 8.00 Å². The summed E-state index contributed by atoms with van der Waals surface area (Å²) in [5.41, 5.74) is 0. The third-order valence-corrected chi connectivity index (χ3v) is 3.28. The molecule has 0 fully saturated rings. The second-order valence-electron chi connectivity index (χ2n) is 2.29. The molecule has 2 heterocycles. The predicted octanol–water partition coefficient (Wildman–Crippen LogP) is -5.62. The molecule has 2 aromatic heterocycles. The van der Waals surface area contributed by atoms with E-state index < -0.39 is 0 Å². The molecule has 2 N–H and O–H groups in total. The van der Waals surface area contributed by atoms with Crippen molar-refractivity contribution in [1.29, 1.82) is 0 Å². The molecule has 68 valence electrons. The summed E-state index contributed by atoms with van der Waals surface area (Å²) in [6, 6.07) is 8.37. The van der Waals surface area contributed by atoms with Gasteiger partial charge in [-0.15, -0.1) is 0 Å². The van der Waals surface area contributed by atoms with Gasteiger partial charge in [-0.05, 0) is 0 Å². The molecule has 0 aliphatic rings. The van der Waals surface area contributed by atoms with Crippen LogP contribution in [0.3, 0.4) is 0 Å². The van der Waals surface area contributed by atoms with Gasteiger partial charge in [0.1, 0.15) is 0 Å². The molecule has 0 amide bonds. The van der Waals surface area contributed by atoms with Gasteiger partial charge >= 0.3 is 73.8 Å². The van der Waals surface area contributed by atoms with Gasteiger partial charge in [-0.1, -0.05) is 0 Å². The van der Waals surface area contributed by atoms with Crippen molar-refractivity contribution in [3.8, 4) is 0 Å². The third kappa shape index (κ3) is 3.85. The molecular weight excluding hydrogens is 332 g/mol. The van der Waals surface area contributed by atoms with Crippen LogP contribution in [0.4, 0.5) is 0 Å². The fraction of sp³-hybridized carbons (Fsp3) is 0. The molecule has 2 rings (SSSR count). The molecule has 0 aliphatic heterocycles. The van der Waals surface area contributed by atoms with Crippen molar-refractivity contribution in [3.05, 3.63) is 36.7 Å². The number of aromatic amines is 2. The molecule has 0 spiro atoms. The van der Waals surface area contributed by atoms with E-state index in [9.17, 15) is 0 Å². The Bertz CT molecular complexity index is 273. The molecule has 2 aromatic rings. The molecule has 0 radical (unpaired) electrons. The summed E-state index contributed by atoms with van der Waals surface area (Å²) >= 11 is -0.139. The van der Waals surface area contributed by atoms with Gasteiger partial charge in [0.15, 0.2) is 0 Å². The van der Waals surface area contributed by atoms with Crippen LogP contribution in [-0.2, 0) is 19.2 Å². The van der Waals surface area contributed by atoms with Gasteiger partial charge in [-0.2, -0.15) is 0 Å². The molecule has 13 heavy (non-hydrogen) atoms. The monoisotopic (exact) mass is 338 g/mol. The van der Waals surface area contributed by atoms with E-state index in [0.717, 1.165) is 0 Å². The maximum absolute atomic E-state index is 3.21. The summed E-state index contributed by atoms with van der Waals surface area (Å²) in [6.45, 7) is 0. The van der Waals surface area contributed by atoms with Crippen LogP contribution in [0.5, 0.6) is 0 Å². The normalized spacial score (nSPS) is 8.00. The van der Waals surface area contributed by atoms with Crippen molar-refractivity contribution < 1.29 is 53.1 Å². The zero-order chi connectivity index (χ0) is 7.52. The van der Waals surface area contributed by atoms with Gasteiger partial charge in [-0.25, -0.2) is 0 Å². The van der Waals surface area contributed by atoms with E-state index in [2.05, 4.69) is 22.1 Å². The first-order chi connectivity index (χ1) is 5.45. The van der Waals surface area contributed by atoms with Crippen molar-refractivity contribution in [1.82, 2.24) is 9.97 Å². The quantitative estimate of drug-likeness (QED) is 0.512. The van der Waals surface area contributed by atoms with Crippen LogP contribution in [0.25, 0.3) is 0 Å². The number of aromatic nitrogens is 2. The summed E-state index contributed by atoms with van der Waals surface area (Å²) in [4.78, 5) is 6.42. The van der Waals surface area contributed by atoms with Gasteiger partial charge in [-0.3, -0.25) is 0 Å². The second-order valence-corrected chi connectivity index (χ2v) is 4.37. The van der Waals surface area contributed by atoms with Gasteiger partial charge in [0.2, 0.25) is 0 Å². The topological polar surface area (TPSA) is 31.6 Å². The predicted molar refractivity (Wildman–Crippen MR) is 40.9 cm³/mol. The van der Waals surface area contributed by atoms with E-state index in [0.29, 0.717) is 0 Å². The first kappa shape index (κ1) is 13.2. The van der Waals surface area contributed by atoms with Crippen LogP contribution >= 0.6 is 0 Å². The van der Waals surface area contributed by atoms with Crippen LogP contribution in [0.15, 0.2) is 36.7 Å². The van der Waals surface area contributed by atoms with Gasteiger partial charge < -0.3 is 34.0 Å². The summed E-state index contributed by atoms with van der Waals surface area (Å²) in [7, 11) is 0. The molecule has 0 aromatic carbocycles. The zero-order valence-corrected chi connectivity index (χ0v) is 11.5. The molecule has 5 heteroatoms. The summed E-state index contributed by atoms with van der Waals surface area (Å²) in [5.74, 6) is 0. The van der Waals surface area contributed by atoms with Gasteiger partial charge in [0.05, 0.1) is 0 Å². The van der Waals surface area contributed by atoms with E-state index in [-0.39, 0.29) is 53.1 Å². The van der Waals surface area contributed by atoms with Crippen LogP contribution in [0.1, 0.15) is 0 Å². The van der Waals surface area contributed by atoms with Gasteiger partial charge in [0, 0.05) is 0 Å². The Hall–Kier alpha value is 0.234. The van der Waals surface area contributed by atoms with Crippen molar-refractivity contribution in [3.63, 3.8) is 0 Å².